The van der Waals surface area contributed by atoms with Crippen LogP contribution in [0.4, 0.5) is 0 Å². The van der Waals surface area contributed by atoms with Gasteiger partial charge in [0, 0.05) is 0 Å². The Kier molecular flexibility index (Phi) is 2.58. The van der Waals surface area contributed by atoms with Crippen molar-refractivity contribution in [1.82, 2.24) is 15.0 Å². The molecule has 0 atom stereocenters. The third-order valence-corrected chi connectivity index (χ3v) is 3.49. The molecule has 0 fully saturated rings. The van der Waals surface area contributed by atoms with Crippen molar-refractivity contribution in [3.63, 3.8) is 0 Å². The zero-order chi connectivity index (χ0) is 13.5. The normalized spacial score (nSPS) is 11.8. The lowest BCUT2D eigenvalue weighted by Gasteiger charge is -1.96. The molecule has 2 aromatic carbocycles. The average molecular weight is 275 g/mol. The van der Waals surface area contributed by atoms with E-state index in [1.165, 1.54) is 23.0 Å². The lowest BCUT2D eigenvalue weighted by Crippen LogP contribution is -1.97. The molecule has 0 bridgehead atoms. The Hall–Kier alpha value is -2.25. The van der Waals surface area contributed by atoms with Crippen molar-refractivity contribution in [3.05, 3.63) is 48.5 Å². The van der Waals surface area contributed by atoms with E-state index in [1.54, 1.807) is 0 Å². The summed E-state index contributed by atoms with van der Waals surface area (Å²) in [5.41, 5.74) is 1.72. The van der Waals surface area contributed by atoms with Gasteiger partial charge in [0.2, 0.25) is 0 Å². The molecule has 0 spiro atoms. The van der Waals surface area contributed by atoms with Gasteiger partial charge in [0.1, 0.15) is 11.0 Å². The van der Waals surface area contributed by atoms with E-state index >= 15 is 0 Å². The van der Waals surface area contributed by atoms with Gasteiger partial charge in [-0.3, -0.25) is 4.55 Å². The minimum Gasteiger partial charge on any atom is -0.282 e. The standard InChI is InChI=1S/C12H9N3O3S/c16-19(17,18)10-6-7-11-12(8-10)14-15(13-11)9-4-2-1-3-5-9/h1-8H,(H,16,17,18). The van der Waals surface area contributed by atoms with Crippen molar-refractivity contribution in [2.45, 2.75) is 4.90 Å². The van der Waals surface area contributed by atoms with Crippen LogP contribution < -0.4 is 0 Å². The molecule has 6 nitrogen and oxygen atoms in total. The highest BCUT2D eigenvalue weighted by atomic mass is 32.2. The molecule has 1 aromatic heterocycles. The van der Waals surface area contributed by atoms with Gasteiger partial charge < -0.3 is 0 Å². The van der Waals surface area contributed by atoms with Crippen molar-refractivity contribution in [1.29, 1.82) is 0 Å². The summed E-state index contributed by atoms with van der Waals surface area (Å²) in [5, 5.41) is 8.42. The van der Waals surface area contributed by atoms with Crippen molar-refractivity contribution in [2.24, 2.45) is 0 Å². The van der Waals surface area contributed by atoms with Crippen molar-refractivity contribution in [2.75, 3.05) is 0 Å². The SMILES string of the molecule is O=S(=O)(O)c1ccc2nn(-c3ccccc3)nc2c1. The molecule has 19 heavy (non-hydrogen) atoms. The first kappa shape index (κ1) is 11.8. The predicted octanol–water partition coefficient (Wildman–Crippen LogP) is 1.67. The molecule has 96 valence electrons. The minimum absolute atomic E-state index is 0.194. The molecule has 3 aromatic rings. The average Bonchev–Trinajstić information content (AvgIpc) is 2.81. The van der Waals surface area contributed by atoms with Crippen LogP contribution in [0.1, 0.15) is 0 Å². The Labute approximate surface area is 109 Å². The number of rotatable bonds is 2. The lowest BCUT2D eigenvalue weighted by molar-refractivity contribution is 0.483. The fraction of sp³-hybridized carbons (Fsp3) is 0. The molecule has 0 amide bonds. The summed E-state index contributed by atoms with van der Waals surface area (Å²) in [6, 6.07) is 13.3. The van der Waals surface area contributed by atoms with E-state index in [0.717, 1.165) is 5.69 Å². The Morgan fingerprint density at radius 1 is 0.947 bits per heavy atom. The summed E-state index contributed by atoms with van der Waals surface area (Å²) in [4.78, 5) is 1.22. The predicted molar refractivity (Wildman–Crippen MR) is 68.7 cm³/mol. The van der Waals surface area contributed by atoms with Crippen LogP contribution in [0.5, 0.6) is 0 Å². The minimum atomic E-state index is -4.23. The van der Waals surface area contributed by atoms with Gasteiger partial charge in [-0.05, 0) is 30.3 Å². The lowest BCUT2D eigenvalue weighted by atomic mass is 10.3. The fourth-order valence-electron chi connectivity index (χ4n) is 1.73. The second-order valence-electron chi connectivity index (χ2n) is 3.95. The van der Waals surface area contributed by atoms with Crippen LogP contribution >= 0.6 is 0 Å². The van der Waals surface area contributed by atoms with E-state index in [0.29, 0.717) is 11.0 Å². The van der Waals surface area contributed by atoms with Gasteiger partial charge in [0.05, 0.1) is 10.6 Å². The van der Waals surface area contributed by atoms with Gasteiger partial charge in [-0.1, -0.05) is 18.2 Å². The molecule has 0 saturated carbocycles. The topological polar surface area (TPSA) is 85.1 Å². The molecule has 0 aliphatic carbocycles. The van der Waals surface area contributed by atoms with E-state index in [-0.39, 0.29) is 4.90 Å². The summed E-state index contributed by atoms with van der Waals surface area (Å²) in [6.07, 6.45) is 0. The van der Waals surface area contributed by atoms with Crippen LogP contribution in [0, 0.1) is 0 Å². The van der Waals surface area contributed by atoms with Crippen LogP contribution in [0.25, 0.3) is 16.7 Å². The van der Waals surface area contributed by atoms with Gasteiger partial charge in [0.15, 0.2) is 0 Å². The van der Waals surface area contributed by atoms with Crippen LogP contribution in [0.3, 0.4) is 0 Å². The van der Waals surface area contributed by atoms with Gasteiger partial charge in [0.25, 0.3) is 10.1 Å². The number of para-hydroxylation sites is 1. The molecule has 7 heteroatoms. The third-order valence-electron chi connectivity index (χ3n) is 2.64. The van der Waals surface area contributed by atoms with Gasteiger partial charge in [-0.25, -0.2) is 0 Å². The second-order valence-corrected chi connectivity index (χ2v) is 5.37. The first-order chi connectivity index (χ1) is 9.04. The van der Waals surface area contributed by atoms with E-state index in [4.69, 9.17) is 4.55 Å². The first-order valence-electron chi connectivity index (χ1n) is 5.44. The van der Waals surface area contributed by atoms with Crippen molar-refractivity contribution >= 4 is 21.2 Å². The summed E-state index contributed by atoms with van der Waals surface area (Å²) in [7, 11) is -4.23. The van der Waals surface area contributed by atoms with E-state index in [1.807, 2.05) is 30.3 Å². The molecule has 0 aliphatic heterocycles. The fourth-order valence-corrected chi connectivity index (χ4v) is 2.23. The maximum absolute atomic E-state index is 11.1. The molecule has 3 rings (SSSR count). The summed E-state index contributed by atoms with van der Waals surface area (Å²) < 4.78 is 31.1. The van der Waals surface area contributed by atoms with Crippen LogP contribution in [-0.2, 0) is 10.1 Å². The molecule has 0 saturated heterocycles. The van der Waals surface area contributed by atoms with Gasteiger partial charge in [-0.2, -0.15) is 13.2 Å². The third kappa shape index (κ3) is 2.20. The molecule has 0 radical (unpaired) electrons. The van der Waals surface area contributed by atoms with Crippen molar-refractivity contribution in [3.8, 4) is 5.69 Å². The molecular weight excluding hydrogens is 266 g/mol. The quantitative estimate of drug-likeness (QED) is 0.719. The number of nitrogens with zero attached hydrogens (tertiary/aromatic N) is 3. The second kappa shape index (κ2) is 4.15. The van der Waals surface area contributed by atoms with Gasteiger partial charge >= 0.3 is 0 Å². The first-order valence-corrected chi connectivity index (χ1v) is 6.88. The Bertz CT molecular complexity index is 841. The molecule has 0 aliphatic rings. The highest BCUT2D eigenvalue weighted by Gasteiger charge is 2.12. The van der Waals surface area contributed by atoms with Gasteiger partial charge in [-0.15, -0.1) is 10.2 Å². The number of hydrogen-bond acceptors (Lipinski definition) is 4. The summed E-state index contributed by atoms with van der Waals surface area (Å²) in [6.45, 7) is 0. The monoisotopic (exact) mass is 275 g/mol. The number of fused-ring (bicyclic) bond motifs is 1. The maximum Gasteiger partial charge on any atom is 0.294 e. The maximum atomic E-state index is 11.1. The zero-order valence-corrected chi connectivity index (χ0v) is 10.4. The Morgan fingerprint density at radius 2 is 1.63 bits per heavy atom. The largest absolute Gasteiger partial charge is 0.294 e. The van der Waals surface area contributed by atoms with E-state index < -0.39 is 10.1 Å². The summed E-state index contributed by atoms with van der Waals surface area (Å²) in [5.74, 6) is 0. The number of benzene rings is 2. The summed E-state index contributed by atoms with van der Waals surface area (Å²) >= 11 is 0. The van der Waals surface area contributed by atoms with Crippen molar-refractivity contribution < 1.29 is 13.0 Å². The van der Waals surface area contributed by atoms with Crippen LogP contribution in [-0.4, -0.2) is 28.0 Å². The Balaban J connectivity index is 2.17. The van der Waals surface area contributed by atoms with Crippen LogP contribution in [0.2, 0.25) is 0 Å². The van der Waals surface area contributed by atoms with E-state index in [9.17, 15) is 8.42 Å². The Morgan fingerprint density at radius 3 is 2.32 bits per heavy atom. The molecular formula is C12H9N3O3S. The smallest absolute Gasteiger partial charge is 0.282 e. The molecule has 1 N–H and O–H groups in total. The van der Waals surface area contributed by atoms with Crippen LogP contribution in [0.15, 0.2) is 53.4 Å². The number of hydrogen-bond donors (Lipinski definition) is 1. The highest BCUT2D eigenvalue weighted by molar-refractivity contribution is 7.85. The van der Waals surface area contributed by atoms with E-state index in [2.05, 4.69) is 10.2 Å². The highest BCUT2D eigenvalue weighted by Crippen LogP contribution is 2.17. The zero-order valence-electron chi connectivity index (χ0n) is 9.63. The molecule has 1 heterocycles. The number of aromatic nitrogens is 3. The molecule has 0 unspecified atom stereocenters.